The summed E-state index contributed by atoms with van der Waals surface area (Å²) in [6.07, 6.45) is 5.27. The van der Waals surface area contributed by atoms with Crippen molar-refractivity contribution < 1.29 is 14.3 Å². The van der Waals surface area contributed by atoms with E-state index in [4.69, 9.17) is 4.74 Å². The second-order valence-electron chi connectivity index (χ2n) is 7.43. The Bertz CT molecular complexity index is 1060. The number of nitrogens with zero attached hydrogens (tertiary/aromatic N) is 2. The second-order valence-corrected chi connectivity index (χ2v) is 7.43. The van der Waals surface area contributed by atoms with Gasteiger partial charge in [0.25, 0.3) is 5.91 Å². The van der Waals surface area contributed by atoms with Gasteiger partial charge < -0.3 is 9.64 Å². The Balaban J connectivity index is 1.38. The first kappa shape index (κ1) is 19.9. The molecule has 0 aliphatic carbocycles. The van der Waals surface area contributed by atoms with Crippen molar-refractivity contribution in [1.82, 2.24) is 15.1 Å². The molecule has 0 spiro atoms. The molecular weight excluding hydrogens is 378 g/mol. The molecule has 1 aliphatic rings. The van der Waals surface area contributed by atoms with E-state index in [9.17, 15) is 9.59 Å². The lowest BCUT2D eigenvalue weighted by Gasteiger charge is -2.31. The molecule has 6 nitrogen and oxygen atoms in total. The minimum atomic E-state index is -0.148. The molecule has 0 radical (unpaired) electrons. The Morgan fingerprint density at radius 2 is 1.83 bits per heavy atom. The summed E-state index contributed by atoms with van der Waals surface area (Å²) >= 11 is 0. The van der Waals surface area contributed by atoms with Gasteiger partial charge in [0.1, 0.15) is 0 Å². The minimum absolute atomic E-state index is 0.00568. The highest BCUT2D eigenvalue weighted by Gasteiger charge is 2.28. The molecule has 2 aromatic carbocycles. The molecule has 0 saturated carbocycles. The van der Waals surface area contributed by atoms with Crippen molar-refractivity contribution in [3.63, 3.8) is 0 Å². The molecule has 1 fully saturated rings. The molecule has 2 heterocycles. The molecule has 0 unspecified atom stereocenters. The van der Waals surface area contributed by atoms with Gasteiger partial charge in [0.2, 0.25) is 0 Å². The van der Waals surface area contributed by atoms with Crippen LogP contribution in [-0.4, -0.2) is 46.7 Å². The number of para-hydroxylation sites is 1. The van der Waals surface area contributed by atoms with Crippen molar-refractivity contribution in [2.24, 2.45) is 5.92 Å². The number of piperidine rings is 1. The van der Waals surface area contributed by atoms with Crippen molar-refractivity contribution >= 4 is 34.9 Å². The standard InChI is InChI=1S/C24H25N3O3/c1-2-30-24(29)19-13-15-27(16-14-19)23(28)18-10-7-17(8-11-18)9-12-22-20-5-3-4-6-21(20)25-26-22/h3-12,19H,2,13-16H2,1H3,(H,25,26)/b12-9+. The van der Waals surface area contributed by atoms with Crippen LogP contribution in [0.4, 0.5) is 0 Å². The number of carbonyl (C=O) groups excluding carboxylic acids is 2. The average Bonchev–Trinajstić information content (AvgIpc) is 3.21. The highest BCUT2D eigenvalue weighted by molar-refractivity contribution is 5.95. The zero-order valence-corrected chi connectivity index (χ0v) is 17.0. The third-order valence-electron chi connectivity index (χ3n) is 5.49. The molecule has 0 atom stereocenters. The van der Waals surface area contributed by atoms with Crippen LogP contribution in [0.2, 0.25) is 0 Å². The number of H-pyrrole nitrogens is 1. The van der Waals surface area contributed by atoms with E-state index >= 15 is 0 Å². The maximum atomic E-state index is 12.8. The average molecular weight is 403 g/mol. The zero-order chi connectivity index (χ0) is 20.9. The van der Waals surface area contributed by atoms with Crippen molar-refractivity contribution in [3.05, 3.63) is 65.4 Å². The summed E-state index contributed by atoms with van der Waals surface area (Å²) in [7, 11) is 0. The van der Waals surface area contributed by atoms with Crippen LogP contribution in [-0.2, 0) is 9.53 Å². The lowest BCUT2D eigenvalue weighted by molar-refractivity contribution is -0.149. The highest BCUT2D eigenvalue weighted by atomic mass is 16.5. The molecule has 6 heteroatoms. The van der Waals surface area contributed by atoms with Crippen LogP contribution in [0.15, 0.2) is 48.5 Å². The van der Waals surface area contributed by atoms with Gasteiger partial charge in [-0.2, -0.15) is 5.10 Å². The van der Waals surface area contributed by atoms with E-state index in [2.05, 4.69) is 10.2 Å². The smallest absolute Gasteiger partial charge is 0.309 e. The fourth-order valence-electron chi connectivity index (χ4n) is 3.78. The van der Waals surface area contributed by atoms with E-state index in [0.29, 0.717) is 38.1 Å². The van der Waals surface area contributed by atoms with Crippen LogP contribution in [0.3, 0.4) is 0 Å². The Morgan fingerprint density at radius 3 is 2.57 bits per heavy atom. The molecule has 154 valence electrons. The van der Waals surface area contributed by atoms with Crippen LogP contribution < -0.4 is 0 Å². The van der Waals surface area contributed by atoms with Gasteiger partial charge in [-0.3, -0.25) is 14.7 Å². The van der Waals surface area contributed by atoms with Gasteiger partial charge in [-0.25, -0.2) is 0 Å². The van der Waals surface area contributed by atoms with Crippen molar-refractivity contribution in [3.8, 4) is 0 Å². The fourth-order valence-corrected chi connectivity index (χ4v) is 3.78. The van der Waals surface area contributed by atoms with E-state index in [1.54, 1.807) is 0 Å². The Labute approximate surface area is 175 Å². The first-order valence-corrected chi connectivity index (χ1v) is 10.3. The van der Waals surface area contributed by atoms with E-state index in [0.717, 1.165) is 22.2 Å². The first-order valence-electron chi connectivity index (χ1n) is 10.3. The third kappa shape index (κ3) is 4.27. The van der Waals surface area contributed by atoms with Gasteiger partial charge in [0.15, 0.2) is 0 Å². The largest absolute Gasteiger partial charge is 0.466 e. The van der Waals surface area contributed by atoms with E-state index in [-0.39, 0.29) is 17.8 Å². The Hall–Kier alpha value is -3.41. The van der Waals surface area contributed by atoms with Gasteiger partial charge in [-0.05, 0) is 49.6 Å². The summed E-state index contributed by atoms with van der Waals surface area (Å²) in [6.45, 7) is 3.37. The third-order valence-corrected chi connectivity index (χ3v) is 5.49. The summed E-state index contributed by atoms with van der Waals surface area (Å²) in [5.74, 6) is -0.240. The van der Waals surface area contributed by atoms with Crippen LogP contribution >= 0.6 is 0 Å². The number of amides is 1. The van der Waals surface area contributed by atoms with E-state index < -0.39 is 0 Å². The molecule has 3 aromatic rings. The second kappa shape index (κ2) is 8.95. The fraction of sp³-hybridized carbons (Fsp3) is 0.292. The van der Waals surface area contributed by atoms with Crippen LogP contribution in [0, 0.1) is 5.92 Å². The molecule has 1 N–H and O–H groups in total. The first-order chi connectivity index (χ1) is 14.7. The maximum Gasteiger partial charge on any atom is 0.309 e. The monoisotopic (exact) mass is 403 g/mol. The number of carbonyl (C=O) groups is 2. The maximum absolute atomic E-state index is 12.8. The number of aromatic nitrogens is 2. The lowest BCUT2D eigenvalue weighted by Crippen LogP contribution is -2.40. The summed E-state index contributed by atoms with van der Waals surface area (Å²) in [4.78, 5) is 26.5. The number of benzene rings is 2. The van der Waals surface area contributed by atoms with Crippen LogP contribution in [0.25, 0.3) is 23.1 Å². The summed E-state index contributed by atoms with van der Waals surface area (Å²) in [5, 5.41) is 8.44. The quantitative estimate of drug-likeness (QED) is 0.650. The molecule has 0 bridgehead atoms. The molecule has 30 heavy (non-hydrogen) atoms. The summed E-state index contributed by atoms with van der Waals surface area (Å²) in [6, 6.07) is 15.6. The number of aromatic amines is 1. The SMILES string of the molecule is CCOC(=O)C1CCN(C(=O)c2ccc(/C=C/c3n[nH]c4ccccc34)cc2)CC1. The van der Waals surface area contributed by atoms with Crippen molar-refractivity contribution in [1.29, 1.82) is 0 Å². The number of rotatable bonds is 5. The normalized spacial score (nSPS) is 15.0. The van der Waals surface area contributed by atoms with E-state index in [1.165, 1.54) is 0 Å². The highest BCUT2D eigenvalue weighted by Crippen LogP contribution is 2.21. The molecule has 4 rings (SSSR count). The number of nitrogens with one attached hydrogen (secondary N) is 1. The Kier molecular flexibility index (Phi) is 5.93. The summed E-state index contributed by atoms with van der Waals surface area (Å²) in [5.41, 5.74) is 3.55. The van der Waals surface area contributed by atoms with Gasteiger partial charge in [0, 0.05) is 24.0 Å². The zero-order valence-electron chi connectivity index (χ0n) is 17.0. The topological polar surface area (TPSA) is 75.3 Å². The van der Waals surface area contributed by atoms with Crippen LogP contribution in [0.1, 0.15) is 41.4 Å². The van der Waals surface area contributed by atoms with Gasteiger partial charge in [-0.1, -0.05) is 36.4 Å². The number of hydrogen-bond donors (Lipinski definition) is 1. The predicted molar refractivity (Wildman–Crippen MR) is 117 cm³/mol. The lowest BCUT2D eigenvalue weighted by atomic mass is 9.96. The number of esters is 1. The molecule has 1 saturated heterocycles. The van der Waals surface area contributed by atoms with Crippen LogP contribution in [0.5, 0.6) is 0 Å². The van der Waals surface area contributed by atoms with E-state index in [1.807, 2.05) is 72.5 Å². The van der Waals surface area contributed by atoms with Crippen molar-refractivity contribution in [2.45, 2.75) is 19.8 Å². The number of hydrogen-bond acceptors (Lipinski definition) is 4. The number of fused-ring (bicyclic) bond motifs is 1. The molecular formula is C24H25N3O3. The number of likely N-dealkylation sites (tertiary alicyclic amines) is 1. The van der Waals surface area contributed by atoms with Crippen molar-refractivity contribution in [2.75, 3.05) is 19.7 Å². The van der Waals surface area contributed by atoms with Gasteiger partial charge in [-0.15, -0.1) is 0 Å². The molecule has 1 aliphatic heterocycles. The van der Waals surface area contributed by atoms with Gasteiger partial charge in [0.05, 0.1) is 23.7 Å². The molecule has 1 aromatic heterocycles. The summed E-state index contributed by atoms with van der Waals surface area (Å²) < 4.78 is 5.09. The van der Waals surface area contributed by atoms with Gasteiger partial charge >= 0.3 is 5.97 Å². The molecule has 1 amide bonds. The predicted octanol–water partition coefficient (Wildman–Crippen LogP) is 4.15. The minimum Gasteiger partial charge on any atom is -0.466 e. The Morgan fingerprint density at radius 1 is 1.10 bits per heavy atom. The number of ether oxygens (including phenoxy) is 1.